The molecule has 0 aromatic heterocycles. The number of carbonyl (C=O) groups is 1. The summed E-state index contributed by atoms with van der Waals surface area (Å²) in [4.78, 5) is 14.9. The number of likely N-dealkylation sites (tertiary alicyclic amines) is 1. The highest BCUT2D eigenvalue weighted by Gasteiger charge is 2.32. The summed E-state index contributed by atoms with van der Waals surface area (Å²) in [5.41, 5.74) is 0.857. The predicted molar refractivity (Wildman–Crippen MR) is 118 cm³/mol. The van der Waals surface area contributed by atoms with E-state index in [0.717, 1.165) is 5.56 Å². The molecule has 168 valence electrons. The minimum absolute atomic E-state index is 0.00685. The Bertz CT molecular complexity index is 998. The number of ether oxygens (including phenoxy) is 3. The Labute approximate surface area is 183 Å². The summed E-state index contributed by atoms with van der Waals surface area (Å²) in [5.74, 6) is 1.63. The van der Waals surface area contributed by atoms with Gasteiger partial charge in [-0.15, -0.1) is 0 Å². The van der Waals surface area contributed by atoms with E-state index in [4.69, 9.17) is 14.2 Å². The van der Waals surface area contributed by atoms with Crippen molar-refractivity contribution in [3.63, 3.8) is 0 Å². The molecular formula is C23H29NO6S. The summed E-state index contributed by atoms with van der Waals surface area (Å²) in [6, 6.07) is 12.2. The van der Waals surface area contributed by atoms with E-state index in [9.17, 15) is 13.2 Å². The monoisotopic (exact) mass is 447 g/mol. The van der Waals surface area contributed by atoms with Gasteiger partial charge in [0.25, 0.3) is 0 Å². The third-order valence-electron chi connectivity index (χ3n) is 5.70. The third kappa shape index (κ3) is 4.95. The van der Waals surface area contributed by atoms with E-state index in [1.165, 1.54) is 0 Å². The van der Waals surface area contributed by atoms with Crippen molar-refractivity contribution in [2.75, 3.05) is 34.4 Å². The highest BCUT2D eigenvalue weighted by atomic mass is 32.2. The van der Waals surface area contributed by atoms with Crippen molar-refractivity contribution in [3.8, 4) is 17.2 Å². The molecule has 3 rings (SSSR count). The predicted octanol–water partition coefficient (Wildman–Crippen LogP) is 3.11. The molecule has 0 aliphatic carbocycles. The van der Waals surface area contributed by atoms with Gasteiger partial charge in [-0.25, -0.2) is 8.42 Å². The Balaban J connectivity index is 1.60. The van der Waals surface area contributed by atoms with E-state index >= 15 is 0 Å². The van der Waals surface area contributed by atoms with E-state index in [0.29, 0.717) is 60.9 Å². The molecule has 0 radical (unpaired) electrons. The van der Waals surface area contributed by atoms with Crippen LogP contribution in [0.3, 0.4) is 0 Å². The van der Waals surface area contributed by atoms with Crippen LogP contribution in [0.4, 0.5) is 0 Å². The van der Waals surface area contributed by atoms with Crippen molar-refractivity contribution in [3.05, 3.63) is 48.0 Å². The molecule has 1 heterocycles. The van der Waals surface area contributed by atoms with Crippen LogP contribution in [0.5, 0.6) is 17.2 Å². The van der Waals surface area contributed by atoms with Crippen LogP contribution in [0.15, 0.2) is 47.4 Å². The van der Waals surface area contributed by atoms with Crippen molar-refractivity contribution >= 4 is 15.7 Å². The first kappa shape index (κ1) is 22.9. The van der Waals surface area contributed by atoms with E-state index in [1.807, 2.05) is 6.07 Å². The van der Waals surface area contributed by atoms with Crippen LogP contribution in [-0.4, -0.2) is 58.9 Å². The molecule has 0 saturated carbocycles. The van der Waals surface area contributed by atoms with E-state index in [1.54, 1.807) is 62.6 Å². The third-order valence-corrected chi connectivity index (χ3v) is 7.98. The van der Waals surface area contributed by atoms with Crippen molar-refractivity contribution < 1.29 is 27.4 Å². The molecule has 1 fully saturated rings. The summed E-state index contributed by atoms with van der Waals surface area (Å²) in [5, 5.41) is -0.454. The highest BCUT2D eigenvalue weighted by molar-refractivity contribution is 7.92. The number of hydrogen-bond donors (Lipinski definition) is 0. The van der Waals surface area contributed by atoms with Gasteiger partial charge in [0.05, 0.1) is 31.5 Å². The number of nitrogens with zero attached hydrogens (tertiary/aromatic N) is 1. The van der Waals surface area contributed by atoms with Crippen LogP contribution >= 0.6 is 0 Å². The largest absolute Gasteiger partial charge is 0.493 e. The highest BCUT2D eigenvalue weighted by Crippen LogP contribution is 2.40. The lowest BCUT2D eigenvalue weighted by Gasteiger charge is -2.32. The second-order valence-corrected chi connectivity index (χ2v) is 9.66. The second-order valence-electron chi connectivity index (χ2n) is 7.43. The summed E-state index contributed by atoms with van der Waals surface area (Å²) < 4.78 is 41.8. The lowest BCUT2D eigenvalue weighted by atomic mass is 10.1. The number of amides is 1. The number of rotatable bonds is 8. The second kappa shape index (κ2) is 10.0. The molecular weight excluding hydrogens is 418 g/mol. The fraction of sp³-hybridized carbons (Fsp3) is 0.435. The van der Waals surface area contributed by atoms with Gasteiger partial charge < -0.3 is 19.1 Å². The van der Waals surface area contributed by atoms with Crippen LogP contribution < -0.4 is 14.2 Å². The number of benzene rings is 2. The Kier molecular flexibility index (Phi) is 7.43. The van der Waals surface area contributed by atoms with Crippen LogP contribution in [-0.2, 0) is 21.1 Å². The molecule has 2 aromatic rings. The van der Waals surface area contributed by atoms with Gasteiger partial charge in [-0.05, 0) is 43.0 Å². The van der Waals surface area contributed by atoms with Gasteiger partial charge in [0.1, 0.15) is 0 Å². The van der Waals surface area contributed by atoms with Crippen LogP contribution in [0.25, 0.3) is 0 Å². The first-order chi connectivity index (χ1) is 14.9. The fourth-order valence-electron chi connectivity index (χ4n) is 3.98. The lowest BCUT2D eigenvalue weighted by molar-refractivity contribution is -0.132. The van der Waals surface area contributed by atoms with Crippen LogP contribution in [0, 0.1) is 0 Å². The standard InChI is InChI=1S/C23H29NO6S/c1-28-20-11-9-17(22(29-2)23(20)30-3)10-12-21(25)24-15-13-19(14-16-24)31(26,27)18-7-5-4-6-8-18/h4-9,11,19H,10,12-16H2,1-3H3. The topological polar surface area (TPSA) is 82.1 Å². The summed E-state index contributed by atoms with van der Waals surface area (Å²) in [6.07, 6.45) is 1.69. The first-order valence-electron chi connectivity index (χ1n) is 10.3. The van der Waals surface area contributed by atoms with Crippen molar-refractivity contribution in [1.82, 2.24) is 4.90 Å². The number of carbonyl (C=O) groups excluding carboxylic acids is 1. The van der Waals surface area contributed by atoms with Gasteiger partial charge in [-0.3, -0.25) is 4.79 Å². The molecule has 1 aliphatic rings. The summed E-state index contributed by atoms with van der Waals surface area (Å²) >= 11 is 0. The number of methoxy groups -OCH3 is 3. The number of hydrogen-bond acceptors (Lipinski definition) is 6. The van der Waals surface area contributed by atoms with Crippen molar-refractivity contribution in [1.29, 1.82) is 0 Å². The minimum atomic E-state index is -3.37. The quantitative estimate of drug-likeness (QED) is 0.619. The number of piperidine rings is 1. The van der Waals surface area contributed by atoms with Gasteiger partial charge in [-0.2, -0.15) is 0 Å². The molecule has 0 atom stereocenters. The van der Waals surface area contributed by atoms with Crippen LogP contribution in [0.1, 0.15) is 24.8 Å². The van der Waals surface area contributed by atoms with E-state index < -0.39 is 15.1 Å². The molecule has 31 heavy (non-hydrogen) atoms. The van der Waals surface area contributed by atoms with Crippen molar-refractivity contribution in [2.45, 2.75) is 35.8 Å². The molecule has 0 bridgehead atoms. The average Bonchev–Trinajstić information content (AvgIpc) is 2.82. The lowest BCUT2D eigenvalue weighted by Crippen LogP contribution is -2.42. The first-order valence-corrected chi connectivity index (χ1v) is 11.8. The maximum Gasteiger partial charge on any atom is 0.222 e. The summed E-state index contributed by atoms with van der Waals surface area (Å²) in [6.45, 7) is 0.886. The fourth-order valence-corrected chi connectivity index (χ4v) is 5.73. The Morgan fingerprint density at radius 2 is 1.58 bits per heavy atom. The van der Waals surface area contributed by atoms with Gasteiger partial charge in [0, 0.05) is 19.5 Å². The SMILES string of the molecule is COc1ccc(CCC(=O)N2CCC(S(=O)(=O)c3ccccc3)CC2)c(OC)c1OC. The Hall–Kier alpha value is -2.74. The molecule has 1 saturated heterocycles. The number of aryl methyl sites for hydroxylation is 1. The van der Waals surface area contributed by atoms with Crippen LogP contribution in [0.2, 0.25) is 0 Å². The smallest absolute Gasteiger partial charge is 0.222 e. The normalized spacial score (nSPS) is 14.9. The zero-order valence-electron chi connectivity index (χ0n) is 18.2. The van der Waals surface area contributed by atoms with Crippen molar-refractivity contribution in [2.24, 2.45) is 0 Å². The molecule has 1 aliphatic heterocycles. The number of sulfone groups is 1. The molecule has 0 unspecified atom stereocenters. The zero-order valence-corrected chi connectivity index (χ0v) is 19.0. The van der Waals surface area contributed by atoms with Gasteiger partial charge in [0.2, 0.25) is 11.7 Å². The Morgan fingerprint density at radius 1 is 0.935 bits per heavy atom. The molecule has 1 amide bonds. The zero-order chi connectivity index (χ0) is 22.4. The maximum absolute atomic E-state index is 12.8. The van der Waals surface area contributed by atoms with Gasteiger partial charge in [-0.1, -0.05) is 24.3 Å². The Morgan fingerprint density at radius 3 is 2.16 bits per heavy atom. The average molecular weight is 448 g/mol. The van der Waals surface area contributed by atoms with Gasteiger partial charge in [0.15, 0.2) is 21.3 Å². The molecule has 0 N–H and O–H groups in total. The molecule has 8 heteroatoms. The molecule has 7 nitrogen and oxygen atoms in total. The molecule has 0 spiro atoms. The van der Waals surface area contributed by atoms with E-state index in [-0.39, 0.29) is 5.91 Å². The summed E-state index contributed by atoms with van der Waals surface area (Å²) in [7, 11) is 1.29. The maximum atomic E-state index is 12.8. The van der Waals surface area contributed by atoms with E-state index in [2.05, 4.69) is 0 Å². The minimum Gasteiger partial charge on any atom is -0.493 e. The molecule has 2 aromatic carbocycles. The van der Waals surface area contributed by atoms with Gasteiger partial charge >= 0.3 is 0 Å².